The SMILES string of the molecule is O=S(=O)(c1ccn[nH]1)N1CCOc2ccccc21. The molecule has 7 heteroatoms. The van der Waals surface area contributed by atoms with Crippen LogP contribution in [0.25, 0.3) is 0 Å². The molecule has 1 aliphatic heterocycles. The second kappa shape index (κ2) is 4.02. The van der Waals surface area contributed by atoms with Crippen molar-refractivity contribution in [3.05, 3.63) is 36.5 Å². The van der Waals surface area contributed by atoms with Crippen molar-refractivity contribution in [1.29, 1.82) is 0 Å². The number of nitrogens with zero attached hydrogens (tertiary/aromatic N) is 2. The lowest BCUT2D eigenvalue weighted by Gasteiger charge is -2.29. The Bertz CT molecular complexity index is 652. The third kappa shape index (κ3) is 1.63. The predicted octanol–water partition coefficient (Wildman–Crippen LogP) is 0.997. The van der Waals surface area contributed by atoms with Crippen molar-refractivity contribution >= 4 is 15.7 Å². The van der Waals surface area contributed by atoms with Gasteiger partial charge in [-0.15, -0.1) is 0 Å². The molecule has 0 bridgehead atoms. The fourth-order valence-corrected chi connectivity index (χ4v) is 3.26. The number of para-hydroxylation sites is 2. The summed E-state index contributed by atoms with van der Waals surface area (Å²) in [6, 6.07) is 8.51. The molecule has 0 fully saturated rings. The topological polar surface area (TPSA) is 75.3 Å². The Hall–Kier alpha value is -2.02. The van der Waals surface area contributed by atoms with Crippen LogP contribution < -0.4 is 9.04 Å². The predicted molar refractivity (Wildman–Crippen MR) is 65.1 cm³/mol. The van der Waals surface area contributed by atoms with E-state index in [0.29, 0.717) is 24.6 Å². The first kappa shape index (κ1) is 11.1. The van der Waals surface area contributed by atoms with E-state index in [0.717, 1.165) is 0 Å². The molecular weight excluding hydrogens is 254 g/mol. The van der Waals surface area contributed by atoms with Gasteiger partial charge in [-0.1, -0.05) is 12.1 Å². The van der Waals surface area contributed by atoms with Gasteiger partial charge in [0.15, 0.2) is 5.03 Å². The molecule has 0 spiro atoms. The molecule has 1 aromatic heterocycles. The summed E-state index contributed by atoms with van der Waals surface area (Å²) in [5.74, 6) is 0.576. The van der Waals surface area contributed by atoms with Crippen molar-refractivity contribution in [2.75, 3.05) is 17.5 Å². The minimum Gasteiger partial charge on any atom is -0.489 e. The maximum atomic E-state index is 12.4. The molecule has 1 aliphatic rings. The van der Waals surface area contributed by atoms with E-state index >= 15 is 0 Å². The number of nitrogens with one attached hydrogen (secondary N) is 1. The lowest BCUT2D eigenvalue weighted by Crippen LogP contribution is -2.38. The lowest BCUT2D eigenvalue weighted by molar-refractivity contribution is 0.316. The lowest BCUT2D eigenvalue weighted by atomic mass is 10.2. The molecule has 0 unspecified atom stereocenters. The normalized spacial score (nSPS) is 15.0. The summed E-state index contributed by atoms with van der Waals surface area (Å²) in [6.45, 7) is 0.628. The minimum atomic E-state index is -3.60. The highest BCUT2D eigenvalue weighted by molar-refractivity contribution is 7.92. The maximum absolute atomic E-state index is 12.4. The second-order valence-corrected chi connectivity index (χ2v) is 5.64. The molecule has 1 aromatic carbocycles. The average Bonchev–Trinajstić information content (AvgIpc) is 2.92. The summed E-state index contributed by atoms with van der Waals surface area (Å²) in [5.41, 5.74) is 0.554. The van der Waals surface area contributed by atoms with Gasteiger partial charge in [0, 0.05) is 0 Å². The van der Waals surface area contributed by atoms with Crippen molar-refractivity contribution < 1.29 is 13.2 Å². The van der Waals surface area contributed by atoms with Crippen LogP contribution >= 0.6 is 0 Å². The summed E-state index contributed by atoms with van der Waals surface area (Å²) in [5, 5.41) is 6.24. The van der Waals surface area contributed by atoms with Gasteiger partial charge in [-0.2, -0.15) is 13.5 Å². The highest BCUT2D eigenvalue weighted by atomic mass is 32.2. The van der Waals surface area contributed by atoms with Crippen LogP contribution in [0.4, 0.5) is 5.69 Å². The summed E-state index contributed by atoms with van der Waals surface area (Å²) in [7, 11) is -3.60. The van der Waals surface area contributed by atoms with Crippen molar-refractivity contribution in [2.24, 2.45) is 0 Å². The molecule has 0 aliphatic carbocycles. The van der Waals surface area contributed by atoms with Gasteiger partial charge < -0.3 is 4.74 Å². The van der Waals surface area contributed by atoms with E-state index in [2.05, 4.69) is 10.2 Å². The Morgan fingerprint density at radius 3 is 2.89 bits per heavy atom. The molecule has 2 aromatic rings. The third-order valence-electron chi connectivity index (χ3n) is 2.73. The molecule has 18 heavy (non-hydrogen) atoms. The Morgan fingerprint density at radius 1 is 1.28 bits per heavy atom. The summed E-state index contributed by atoms with van der Waals surface area (Å²) < 4.78 is 31.6. The first-order valence-electron chi connectivity index (χ1n) is 5.43. The molecule has 0 atom stereocenters. The number of sulfonamides is 1. The standard InChI is InChI=1S/C11H11N3O3S/c15-18(16,11-5-6-12-13-11)14-7-8-17-10-4-2-1-3-9(10)14/h1-6H,7-8H2,(H,12,13). The number of benzene rings is 1. The molecule has 94 valence electrons. The Balaban J connectivity index is 2.10. The molecule has 1 N–H and O–H groups in total. The number of rotatable bonds is 2. The number of anilines is 1. The summed E-state index contributed by atoms with van der Waals surface area (Å²) in [4.78, 5) is 0. The molecule has 6 nitrogen and oxygen atoms in total. The van der Waals surface area contributed by atoms with E-state index in [4.69, 9.17) is 4.74 Å². The van der Waals surface area contributed by atoms with E-state index in [1.165, 1.54) is 16.6 Å². The van der Waals surface area contributed by atoms with Crippen LogP contribution in [0.3, 0.4) is 0 Å². The van der Waals surface area contributed by atoms with Crippen LogP contribution in [0.15, 0.2) is 41.6 Å². The van der Waals surface area contributed by atoms with Crippen LogP contribution in [-0.2, 0) is 10.0 Å². The molecule has 2 heterocycles. The van der Waals surface area contributed by atoms with E-state index in [-0.39, 0.29) is 5.03 Å². The van der Waals surface area contributed by atoms with Crippen molar-refractivity contribution in [2.45, 2.75) is 5.03 Å². The summed E-state index contributed by atoms with van der Waals surface area (Å²) >= 11 is 0. The number of aromatic nitrogens is 2. The fourth-order valence-electron chi connectivity index (χ4n) is 1.90. The van der Waals surface area contributed by atoms with Crippen LogP contribution in [-0.4, -0.2) is 31.8 Å². The highest BCUT2D eigenvalue weighted by Gasteiger charge is 2.30. The van der Waals surface area contributed by atoms with Gasteiger partial charge in [-0.05, 0) is 18.2 Å². The zero-order chi connectivity index (χ0) is 12.6. The van der Waals surface area contributed by atoms with Crippen LogP contribution in [0.1, 0.15) is 0 Å². The Morgan fingerprint density at radius 2 is 2.11 bits per heavy atom. The van der Waals surface area contributed by atoms with E-state index in [1.54, 1.807) is 18.2 Å². The van der Waals surface area contributed by atoms with E-state index in [1.807, 2.05) is 6.07 Å². The Labute approximate surface area is 104 Å². The van der Waals surface area contributed by atoms with E-state index < -0.39 is 10.0 Å². The van der Waals surface area contributed by atoms with Crippen LogP contribution in [0.5, 0.6) is 5.75 Å². The molecule has 0 amide bonds. The van der Waals surface area contributed by atoms with Gasteiger partial charge in [0.2, 0.25) is 0 Å². The van der Waals surface area contributed by atoms with Gasteiger partial charge >= 0.3 is 0 Å². The van der Waals surface area contributed by atoms with Gasteiger partial charge in [0.05, 0.1) is 18.4 Å². The number of hydrogen-bond donors (Lipinski definition) is 1. The van der Waals surface area contributed by atoms with Crippen molar-refractivity contribution in [3.8, 4) is 5.75 Å². The second-order valence-electron chi connectivity index (χ2n) is 3.81. The summed E-state index contributed by atoms with van der Waals surface area (Å²) in [6.07, 6.45) is 1.42. The monoisotopic (exact) mass is 265 g/mol. The van der Waals surface area contributed by atoms with Gasteiger partial charge in [0.25, 0.3) is 10.0 Å². The minimum absolute atomic E-state index is 0.0826. The quantitative estimate of drug-likeness (QED) is 0.879. The number of hydrogen-bond acceptors (Lipinski definition) is 4. The first-order valence-corrected chi connectivity index (χ1v) is 6.87. The molecule has 0 saturated heterocycles. The van der Waals surface area contributed by atoms with Gasteiger partial charge in [-0.3, -0.25) is 9.40 Å². The van der Waals surface area contributed by atoms with E-state index in [9.17, 15) is 8.42 Å². The first-order chi connectivity index (χ1) is 8.69. The van der Waals surface area contributed by atoms with Crippen LogP contribution in [0, 0.1) is 0 Å². The third-order valence-corrected chi connectivity index (χ3v) is 4.47. The van der Waals surface area contributed by atoms with Gasteiger partial charge in [-0.25, -0.2) is 0 Å². The smallest absolute Gasteiger partial charge is 0.281 e. The molecule has 3 rings (SSSR count). The number of ether oxygens (including phenoxy) is 1. The number of fused-ring (bicyclic) bond motifs is 1. The Kier molecular flexibility index (Phi) is 2.48. The van der Waals surface area contributed by atoms with Crippen LogP contribution in [0.2, 0.25) is 0 Å². The number of H-pyrrole nitrogens is 1. The fraction of sp³-hybridized carbons (Fsp3) is 0.182. The zero-order valence-corrected chi connectivity index (χ0v) is 10.2. The largest absolute Gasteiger partial charge is 0.489 e. The number of aromatic amines is 1. The molecule has 0 radical (unpaired) electrons. The average molecular weight is 265 g/mol. The molecular formula is C11H11N3O3S. The maximum Gasteiger partial charge on any atom is 0.281 e. The van der Waals surface area contributed by atoms with Crippen molar-refractivity contribution in [1.82, 2.24) is 10.2 Å². The highest BCUT2D eigenvalue weighted by Crippen LogP contribution is 2.34. The van der Waals surface area contributed by atoms with Crippen molar-refractivity contribution in [3.63, 3.8) is 0 Å². The van der Waals surface area contributed by atoms with Gasteiger partial charge in [0.1, 0.15) is 12.4 Å². The molecule has 0 saturated carbocycles. The zero-order valence-electron chi connectivity index (χ0n) is 9.41.